The number of amides is 1. The largest absolute Gasteiger partial charge is 0.419 e. The second kappa shape index (κ2) is 7.85. The molecule has 0 aliphatic carbocycles. The molecule has 2 heterocycles. The first-order valence-corrected chi connectivity index (χ1v) is 10.7. The van der Waals surface area contributed by atoms with E-state index in [1.165, 1.54) is 21.0 Å². The number of carbonyl (C=O) groups excluding carboxylic acids is 1. The number of hydrogen-bond donors (Lipinski definition) is 0. The Balaban J connectivity index is 1.86. The molecule has 148 valence electrons. The van der Waals surface area contributed by atoms with Gasteiger partial charge in [-0.3, -0.25) is 9.36 Å². The van der Waals surface area contributed by atoms with Gasteiger partial charge in [0.1, 0.15) is 0 Å². The van der Waals surface area contributed by atoms with Crippen molar-refractivity contribution in [1.29, 1.82) is 0 Å². The fourth-order valence-corrected chi connectivity index (χ4v) is 4.97. The third kappa shape index (κ3) is 3.79. The molecular formula is C18H25N3O5S. The highest BCUT2D eigenvalue weighted by molar-refractivity contribution is 7.89. The second-order valence-electron chi connectivity index (χ2n) is 6.58. The lowest BCUT2D eigenvalue weighted by Gasteiger charge is -2.18. The second-order valence-corrected chi connectivity index (χ2v) is 8.51. The summed E-state index contributed by atoms with van der Waals surface area (Å²) in [7, 11) is -3.58. The zero-order valence-corrected chi connectivity index (χ0v) is 16.5. The summed E-state index contributed by atoms with van der Waals surface area (Å²) in [4.78, 5) is 26.2. The summed E-state index contributed by atoms with van der Waals surface area (Å²) in [6.07, 6.45) is 1.89. The average Bonchev–Trinajstić information content (AvgIpc) is 3.28. The Morgan fingerprint density at radius 1 is 1.19 bits per heavy atom. The van der Waals surface area contributed by atoms with E-state index in [1.54, 1.807) is 11.0 Å². The Morgan fingerprint density at radius 2 is 1.85 bits per heavy atom. The van der Waals surface area contributed by atoms with Gasteiger partial charge in [-0.25, -0.2) is 13.2 Å². The molecule has 0 radical (unpaired) electrons. The van der Waals surface area contributed by atoms with E-state index >= 15 is 0 Å². The van der Waals surface area contributed by atoms with Crippen molar-refractivity contribution in [2.24, 2.45) is 0 Å². The van der Waals surface area contributed by atoms with Gasteiger partial charge < -0.3 is 9.32 Å². The van der Waals surface area contributed by atoms with E-state index in [0.717, 1.165) is 12.8 Å². The van der Waals surface area contributed by atoms with Gasteiger partial charge in [-0.15, -0.1) is 0 Å². The van der Waals surface area contributed by atoms with Gasteiger partial charge in [0.2, 0.25) is 15.9 Å². The predicted molar refractivity (Wildman–Crippen MR) is 101 cm³/mol. The van der Waals surface area contributed by atoms with Crippen LogP contribution in [0, 0.1) is 0 Å². The molecule has 0 bridgehead atoms. The van der Waals surface area contributed by atoms with Crippen molar-refractivity contribution in [2.45, 2.75) is 44.6 Å². The van der Waals surface area contributed by atoms with E-state index in [1.807, 2.05) is 13.8 Å². The van der Waals surface area contributed by atoms with Crippen LogP contribution in [0.2, 0.25) is 0 Å². The molecule has 1 amide bonds. The highest BCUT2D eigenvalue weighted by Crippen LogP contribution is 2.24. The first-order chi connectivity index (χ1) is 12.9. The van der Waals surface area contributed by atoms with E-state index in [4.69, 9.17) is 4.42 Å². The molecule has 2 aromatic rings. The maximum Gasteiger partial charge on any atom is 0.419 e. The molecule has 1 saturated heterocycles. The number of aryl methyl sites for hydroxylation is 1. The van der Waals surface area contributed by atoms with Crippen LogP contribution < -0.4 is 5.76 Å². The van der Waals surface area contributed by atoms with Crippen molar-refractivity contribution >= 4 is 27.0 Å². The molecule has 0 N–H and O–H groups in total. The minimum Gasteiger partial charge on any atom is -0.408 e. The SMILES string of the molecule is CCN(CC)C(=O)CCn1c(=O)oc2cc(S(=O)(=O)N3CCCC3)ccc21. The number of fused-ring (bicyclic) bond motifs is 1. The van der Waals surface area contributed by atoms with Crippen LogP contribution in [0.4, 0.5) is 0 Å². The number of rotatable bonds is 7. The molecule has 1 aromatic carbocycles. The normalized spacial score (nSPS) is 15.5. The van der Waals surface area contributed by atoms with Crippen molar-refractivity contribution in [3.8, 4) is 0 Å². The fraction of sp³-hybridized carbons (Fsp3) is 0.556. The average molecular weight is 395 g/mol. The lowest BCUT2D eigenvalue weighted by atomic mass is 10.3. The molecule has 0 atom stereocenters. The molecule has 0 spiro atoms. The summed E-state index contributed by atoms with van der Waals surface area (Å²) in [5.41, 5.74) is 0.711. The topological polar surface area (TPSA) is 92.8 Å². The van der Waals surface area contributed by atoms with Gasteiger partial charge in [-0.2, -0.15) is 4.31 Å². The van der Waals surface area contributed by atoms with Gasteiger partial charge in [0.15, 0.2) is 5.58 Å². The van der Waals surface area contributed by atoms with Crippen LogP contribution in [0.25, 0.3) is 11.1 Å². The minimum absolute atomic E-state index is 0.0329. The van der Waals surface area contributed by atoms with Crippen LogP contribution in [-0.2, 0) is 21.4 Å². The van der Waals surface area contributed by atoms with Crippen molar-refractivity contribution < 1.29 is 17.6 Å². The van der Waals surface area contributed by atoms with E-state index in [9.17, 15) is 18.0 Å². The van der Waals surface area contributed by atoms with E-state index < -0.39 is 15.8 Å². The van der Waals surface area contributed by atoms with Crippen LogP contribution in [-0.4, -0.2) is 54.3 Å². The summed E-state index contributed by atoms with van der Waals surface area (Å²) >= 11 is 0. The van der Waals surface area contributed by atoms with Gasteiger partial charge in [-0.05, 0) is 38.8 Å². The van der Waals surface area contributed by atoms with Crippen LogP contribution >= 0.6 is 0 Å². The number of nitrogens with zero attached hydrogens (tertiary/aromatic N) is 3. The van der Waals surface area contributed by atoms with Crippen LogP contribution in [0.5, 0.6) is 0 Å². The van der Waals surface area contributed by atoms with E-state index in [-0.39, 0.29) is 29.4 Å². The van der Waals surface area contributed by atoms with Crippen LogP contribution in [0.1, 0.15) is 33.1 Å². The Bertz CT molecular complexity index is 982. The van der Waals surface area contributed by atoms with Gasteiger partial charge in [0.05, 0.1) is 10.4 Å². The number of sulfonamides is 1. The molecular weight excluding hydrogens is 370 g/mol. The smallest absolute Gasteiger partial charge is 0.408 e. The quantitative estimate of drug-likeness (QED) is 0.710. The maximum atomic E-state index is 12.7. The molecule has 27 heavy (non-hydrogen) atoms. The summed E-state index contributed by atoms with van der Waals surface area (Å²) in [6, 6.07) is 4.46. The van der Waals surface area contributed by atoms with Crippen molar-refractivity contribution in [1.82, 2.24) is 13.8 Å². The minimum atomic E-state index is -3.58. The molecule has 0 unspecified atom stereocenters. The molecule has 1 aliphatic rings. The third-order valence-electron chi connectivity index (χ3n) is 5.01. The third-order valence-corrected chi connectivity index (χ3v) is 6.90. The highest BCUT2D eigenvalue weighted by atomic mass is 32.2. The van der Waals surface area contributed by atoms with Crippen LogP contribution in [0.3, 0.4) is 0 Å². The molecule has 1 aliphatic heterocycles. The molecule has 1 aromatic heterocycles. The summed E-state index contributed by atoms with van der Waals surface area (Å²) in [6.45, 7) is 6.27. The molecule has 0 saturated carbocycles. The lowest BCUT2D eigenvalue weighted by molar-refractivity contribution is -0.131. The standard InChI is InChI=1S/C18H25N3O5S/c1-3-19(4-2)17(22)9-12-21-15-8-7-14(13-16(15)26-18(21)23)27(24,25)20-10-5-6-11-20/h7-8,13H,3-6,9-12H2,1-2H3. The molecule has 1 fully saturated rings. The Morgan fingerprint density at radius 3 is 2.48 bits per heavy atom. The maximum absolute atomic E-state index is 12.7. The van der Waals surface area contributed by atoms with E-state index in [0.29, 0.717) is 31.7 Å². The van der Waals surface area contributed by atoms with Crippen LogP contribution in [0.15, 0.2) is 32.3 Å². The Hall–Kier alpha value is -2.13. The number of benzene rings is 1. The predicted octanol–water partition coefficient (Wildman–Crippen LogP) is 1.64. The van der Waals surface area contributed by atoms with Gasteiger partial charge in [0.25, 0.3) is 0 Å². The van der Waals surface area contributed by atoms with E-state index in [2.05, 4.69) is 0 Å². The number of aromatic nitrogens is 1. The Labute approximate surface area is 158 Å². The summed E-state index contributed by atoms with van der Waals surface area (Å²) < 4.78 is 33.4. The van der Waals surface area contributed by atoms with Crippen molar-refractivity contribution in [2.75, 3.05) is 26.2 Å². The molecule has 3 rings (SSSR count). The monoisotopic (exact) mass is 395 g/mol. The summed E-state index contributed by atoms with van der Waals surface area (Å²) in [5.74, 6) is -0.623. The fourth-order valence-electron chi connectivity index (χ4n) is 3.44. The van der Waals surface area contributed by atoms with Gasteiger partial charge in [-0.1, -0.05) is 0 Å². The number of oxazole rings is 1. The number of carbonyl (C=O) groups is 1. The highest BCUT2D eigenvalue weighted by Gasteiger charge is 2.28. The van der Waals surface area contributed by atoms with Crippen molar-refractivity contribution in [3.63, 3.8) is 0 Å². The van der Waals surface area contributed by atoms with Crippen molar-refractivity contribution in [3.05, 3.63) is 28.7 Å². The number of hydrogen-bond acceptors (Lipinski definition) is 5. The zero-order chi connectivity index (χ0) is 19.6. The zero-order valence-electron chi connectivity index (χ0n) is 15.7. The Kier molecular flexibility index (Phi) is 5.71. The summed E-state index contributed by atoms with van der Waals surface area (Å²) in [5, 5.41) is 0. The first-order valence-electron chi connectivity index (χ1n) is 9.29. The van der Waals surface area contributed by atoms with Gasteiger partial charge >= 0.3 is 5.76 Å². The van der Waals surface area contributed by atoms with Gasteiger partial charge in [0, 0.05) is 45.2 Å². The molecule has 9 heteroatoms. The molecule has 8 nitrogen and oxygen atoms in total. The first kappa shape index (κ1) is 19.6. The lowest BCUT2D eigenvalue weighted by Crippen LogP contribution is -2.31.